The lowest BCUT2D eigenvalue weighted by molar-refractivity contribution is 0.0524. The van der Waals surface area contributed by atoms with Crippen molar-refractivity contribution in [2.24, 2.45) is 0 Å². The number of rotatable bonds is 8. The molecule has 1 aromatic heterocycles. The molecule has 7 nitrogen and oxygen atoms in total. The minimum absolute atomic E-state index is 0.268. The highest BCUT2D eigenvalue weighted by Gasteiger charge is 2.18. The van der Waals surface area contributed by atoms with Crippen molar-refractivity contribution in [2.75, 3.05) is 6.54 Å². The normalized spacial score (nSPS) is 11.3. The van der Waals surface area contributed by atoms with Crippen LogP contribution < -0.4 is 5.32 Å². The number of nitrogens with zero attached hydrogens (tertiary/aromatic N) is 2. The Kier molecular flexibility index (Phi) is 7.73. The summed E-state index contributed by atoms with van der Waals surface area (Å²) in [5.41, 5.74) is 1.83. The maximum atomic E-state index is 11.8. The number of amides is 1. The average Bonchev–Trinajstić information content (AvgIpc) is 2.97. The monoisotopic (exact) mass is 419 g/mol. The van der Waals surface area contributed by atoms with E-state index in [0.717, 1.165) is 34.0 Å². The van der Waals surface area contributed by atoms with Gasteiger partial charge >= 0.3 is 12.1 Å². The maximum Gasteiger partial charge on any atom is 0.407 e. The molecule has 1 aromatic carbocycles. The van der Waals surface area contributed by atoms with E-state index in [1.165, 1.54) is 0 Å². The lowest BCUT2D eigenvalue weighted by Crippen LogP contribution is -2.34. The van der Waals surface area contributed by atoms with Gasteiger partial charge in [-0.05, 0) is 57.9 Å². The zero-order valence-electron chi connectivity index (χ0n) is 17.6. The Balaban J connectivity index is 2.12. The van der Waals surface area contributed by atoms with Crippen molar-refractivity contribution in [3.63, 3.8) is 0 Å². The van der Waals surface area contributed by atoms with Gasteiger partial charge in [0, 0.05) is 11.4 Å². The number of ether oxygens (including phenoxy) is 1. The fourth-order valence-corrected chi connectivity index (χ4v) is 3.95. The Morgan fingerprint density at radius 2 is 1.83 bits per heavy atom. The third-order valence-corrected chi connectivity index (χ3v) is 5.24. The number of benzene rings is 1. The smallest absolute Gasteiger partial charge is 0.407 e. The molecule has 1 amide bonds. The molecule has 0 saturated heterocycles. The number of aromatic carboxylic acids is 1. The summed E-state index contributed by atoms with van der Waals surface area (Å²) < 4.78 is 7.20. The summed E-state index contributed by atoms with van der Waals surface area (Å²) in [6.45, 7) is 10.6. The number of carbonyl (C=O) groups is 2. The topological polar surface area (TPSA) is 93.5 Å². The Hall–Kier alpha value is -2.48. The highest BCUT2D eigenvalue weighted by molar-refractivity contribution is 7.99. The van der Waals surface area contributed by atoms with Crippen LogP contribution in [0.4, 0.5) is 4.79 Å². The van der Waals surface area contributed by atoms with Gasteiger partial charge in [0.15, 0.2) is 0 Å². The number of carboxylic acid groups (broad SMARTS) is 1. The largest absolute Gasteiger partial charge is 0.478 e. The molecule has 0 spiro atoms. The van der Waals surface area contributed by atoms with Crippen LogP contribution >= 0.6 is 11.8 Å². The molecular weight excluding hydrogens is 390 g/mol. The van der Waals surface area contributed by atoms with Crippen LogP contribution in [0.25, 0.3) is 0 Å². The van der Waals surface area contributed by atoms with Crippen LogP contribution in [0.5, 0.6) is 0 Å². The SMILES string of the molecule is CCc1nn(CCNC(=O)OC(C)(C)C)c(CC)c1Sc1ccc(C(=O)O)cc1. The van der Waals surface area contributed by atoms with Gasteiger partial charge in [0.25, 0.3) is 0 Å². The van der Waals surface area contributed by atoms with Crippen molar-refractivity contribution in [3.8, 4) is 0 Å². The first-order valence-corrected chi connectivity index (χ1v) is 10.5. The molecule has 1 heterocycles. The molecule has 2 aromatic rings. The predicted octanol–water partition coefficient (Wildman–Crippen LogP) is 4.38. The molecule has 8 heteroatoms. The van der Waals surface area contributed by atoms with Gasteiger partial charge in [-0.2, -0.15) is 5.10 Å². The third-order valence-electron chi connectivity index (χ3n) is 4.06. The second-order valence-corrected chi connectivity index (χ2v) is 8.60. The van der Waals surface area contributed by atoms with Crippen molar-refractivity contribution in [1.82, 2.24) is 15.1 Å². The minimum Gasteiger partial charge on any atom is -0.478 e. The van der Waals surface area contributed by atoms with E-state index in [-0.39, 0.29) is 5.56 Å². The summed E-state index contributed by atoms with van der Waals surface area (Å²) >= 11 is 1.59. The van der Waals surface area contributed by atoms with Crippen LogP contribution in [0.2, 0.25) is 0 Å². The van der Waals surface area contributed by atoms with Crippen LogP contribution in [0.1, 0.15) is 56.4 Å². The van der Waals surface area contributed by atoms with Crippen LogP contribution in [0.15, 0.2) is 34.1 Å². The molecule has 0 aliphatic rings. The number of hydrogen-bond acceptors (Lipinski definition) is 5. The molecule has 2 N–H and O–H groups in total. The summed E-state index contributed by atoms with van der Waals surface area (Å²) in [4.78, 5) is 24.9. The van der Waals surface area contributed by atoms with Gasteiger partial charge in [-0.15, -0.1) is 0 Å². The average molecular weight is 420 g/mol. The Bertz CT molecular complexity index is 854. The molecule has 0 unspecified atom stereocenters. The number of hydrogen-bond donors (Lipinski definition) is 2. The number of carbonyl (C=O) groups excluding carboxylic acids is 1. The van der Waals surface area contributed by atoms with Gasteiger partial charge < -0.3 is 15.2 Å². The number of alkyl carbamates (subject to hydrolysis) is 1. The van der Waals surface area contributed by atoms with Crippen molar-refractivity contribution in [3.05, 3.63) is 41.2 Å². The van der Waals surface area contributed by atoms with Gasteiger partial charge in [-0.3, -0.25) is 4.68 Å². The Labute approximate surface area is 175 Å². The summed E-state index contributed by atoms with van der Waals surface area (Å²) in [5.74, 6) is -0.935. The lowest BCUT2D eigenvalue weighted by Gasteiger charge is -2.19. The molecule has 158 valence electrons. The summed E-state index contributed by atoms with van der Waals surface area (Å²) in [7, 11) is 0. The molecule has 0 aliphatic heterocycles. The summed E-state index contributed by atoms with van der Waals surface area (Å²) in [6.07, 6.45) is 1.15. The standard InChI is InChI=1S/C21H29N3O4S/c1-6-16-18(29-15-10-8-14(9-11-15)19(25)26)17(7-2)24(23-16)13-12-22-20(27)28-21(3,4)5/h8-11H,6-7,12-13H2,1-5H3,(H,22,27)(H,25,26). The van der Waals surface area contributed by atoms with E-state index >= 15 is 0 Å². The minimum atomic E-state index is -0.935. The predicted molar refractivity (Wildman–Crippen MR) is 113 cm³/mol. The molecule has 0 saturated carbocycles. The summed E-state index contributed by atoms with van der Waals surface area (Å²) in [6, 6.07) is 6.84. The molecule has 29 heavy (non-hydrogen) atoms. The zero-order valence-corrected chi connectivity index (χ0v) is 18.4. The van der Waals surface area contributed by atoms with Gasteiger partial charge in [0.1, 0.15) is 5.60 Å². The van der Waals surface area contributed by atoms with E-state index in [2.05, 4.69) is 19.2 Å². The third kappa shape index (κ3) is 6.52. The maximum absolute atomic E-state index is 11.8. The molecule has 0 bridgehead atoms. The zero-order chi connectivity index (χ0) is 21.6. The van der Waals surface area contributed by atoms with E-state index in [4.69, 9.17) is 14.9 Å². The van der Waals surface area contributed by atoms with Crippen molar-refractivity contribution < 1.29 is 19.4 Å². The first kappa shape index (κ1) is 22.8. The fourth-order valence-electron chi connectivity index (χ4n) is 2.77. The van der Waals surface area contributed by atoms with Gasteiger partial charge in [-0.25, -0.2) is 9.59 Å². The summed E-state index contributed by atoms with van der Waals surface area (Å²) in [5, 5.41) is 16.5. The molecule has 0 aliphatic carbocycles. The van der Waals surface area contributed by atoms with Crippen molar-refractivity contribution in [2.45, 2.75) is 69.4 Å². The van der Waals surface area contributed by atoms with Crippen LogP contribution in [0.3, 0.4) is 0 Å². The second kappa shape index (κ2) is 9.82. The number of aryl methyl sites for hydroxylation is 1. The van der Waals surface area contributed by atoms with Crippen LogP contribution in [-0.2, 0) is 24.1 Å². The highest BCUT2D eigenvalue weighted by atomic mass is 32.2. The van der Waals surface area contributed by atoms with E-state index in [0.29, 0.717) is 13.1 Å². The van der Waals surface area contributed by atoms with Gasteiger partial charge in [-0.1, -0.05) is 25.6 Å². The van der Waals surface area contributed by atoms with Crippen molar-refractivity contribution >= 4 is 23.8 Å². The fraction of sp³-hybridized carbons (Fsp3) is 0.476. The lowest BCUT2D eigenvalue weighted by atomic mass is 10.2. The Morgan fingerprint density at radius 1 is 1.17 bits per heavy atom. The van der Waals surface area contributed by atoms with Gasteiger partial charge in [0.05, 0.1) is 28.4 Å². The van der Waals surface area contributed by atoms with Crippen LogP contribution in [-0.4, -0.2) is 39.1 Å². The Morgan fingerprint density at radius 3 is 2.34 bits per heavy atom. The first-order chi connectivity index (χ1) is 13.6. The van der Waals surface area contributed by atoms with E-state index in [1.54, 1.807) is 23.9 Å². The number of aromatic nitrogens is 2. The first-order valence-electron chi connectivity index (χ1n) is 9.71. The molecule has 2 rings (SSSR count). The quantitative estimate of drug-likeness (QED) is 0.659. The molecule has 0 fully saturated rings. The second-order valence-electron chi connectivity index (χ2n) is 7.51. The molecular formula is C21H29N3O4S. The van der Waals surface area contributed by atoms with Gasteiger partial charge in [0.2, 0.25) is 0 Å². The van der Waals surface area contributed by atoms with E-state index in [1.807, 2.05) is 37.6 Å². The van der Waals surface area contributed by atoms with Crippen LogP contribution in [0, 0.1) is 0 Å². The van der Waals surface area contributed by atoms with E-state index < -0.39 is 17.7 Å². The molecule has 0 atom stereocenters. The number of nitrogens with one attached hydrogen (secondary N) is 1. The number of carboxylic acids is 1. The van der Waals surface area contributed by atoms with E-state index in [9.17, 15) is 9.59 Å². The molecule has 0 radical (unpaired) electrons. The highest BCUT2D eigenvalue weighted by Crippen LogP contribution is 2.34. The van der Waals surface area contributed by atoms with Crippen molar-refractivity contribution in [1.29, 1.82) is 0 Å².